The number of hydrogen-bond acceptors (Lipinski definition) is 1. The van der Waals surface area contributed by atoms with E-state index in [2.05, 4.69) is 74.0 Å². The van der Waals surface area contributed by atoms with Crippen LogP contribution in [-0.2, 0) is 13.5 Å². The van der Waals surface area contributed by atoms with E-state index in [0.29, 0.717) is 0 Å². The third-order valence-corrected chi connectivity index (χ3v) is 5.84. The molecular formula is C20H24NS+. The van der Waals surface area contributed by atoms with E-state index < -0.39 is 0 Å². The molecule has 0 N–H and O–H groups in total. The van der Waals surface area contributed by atoms with Gasteiger partial charge in [0.2, 0.25) is 5.52 Å². The van der Waals surface area contributed by atoms with Crippen LogP contribution in [0.25, 0.3) is 20.8 Å². The van der Waals surface area contributed by atoms with Crippen molar-refractivity contribution in [3.63, 3.8) is 0 Å². The SMILES string of the molecule is CCC(C)CCc1ccccc1-c1sc2ccccc2[n+]1C. The highest BCUT2D eigenvalue weighted by Gasteiger charge is 2.20. The second-order valence-electron chi connectivity index (χ2n) is 6.14. The maximum atomic E-state index is 2.35. The van der Waals surface area contributed by atoms with Gasteiger partial charge < -0.3 is 0 Å². The predicted octanol–water partition coefficient (Wildman–Crippen LogP) is 5.37. The molecule has 22 heavy (non-hydrogen) atoms. The van der Waals surface area contributed by atoms with Crippen LogP contribution in [0.2, 0.25) is 0 Å². The van der Waals surface area contributed by atoms with Gasteiger partial charge in [-0.3, -0.25) is 0 Å². The lowest BCUT2D eigenvalue weighted by Crippen LogP contribution is -2.28. The van der Waals surface area contributed by atoms with Gasteiger partial charge in [-0.15, -0.1) is 0 Å². The molecule has 0 radical (unpaired) electrons. The summed E-state index contributed by atoms with van der Waals surface area (Å²) in [6.45, 7) is 4.63. The molecule has 1 nitrogen and oxygen atoms in total. The summed E-state index contributed by atoms with van der Waals surface area (Å²) in [6, 6.07) is 17.6. The van der Waals surface area contributed by atoms with Crippen LogP contribution in [-0.4, -0.2) is 0 Å². The molecule has 0 spiro atoms. The largest absolute Gasteiger partial charge is 0.270 e. The zero-order valence-corrected chi connectivity index (χ0v) is 14.5. The molecule has 0 saturated heterocycles. The first kappa shape index (κ1) is 15.2. The first-order valence-corrected chi connectivity index (χ1v) is 8.98. The minimum absolute atomic E-state index is 0.796. The number of nitrogens with zero attached hydrogens (tertiary/aromatic N) is 1. The van der Waals surface area contributed by atoms with Crippen molar-refractivity contribution in [2.24, 2.45) is 13.0 Å². The maximum Gasteiger partial charge on any atom is 0.270 e. The Kier molecular flexibility index (Phi) is 4.58. The molecule has 0 bridgehead atoms. The Hall–Kier alpha value is -1.67. The fourth-order valence-electron chi connectivity index (χ4n) is 2.89. The number of thiazole rings is 1. The normalized spacial score (nSPS) is 12.7. The van der Waals surface area contributed by atoms with Crippen molar-refractivity contribution < 1.29 is 4.57 Å². The Balaban J connectivity index is 2.01. The molecule has 0 aliphatic heterocycles. The maximum absolute atomic E-state index is 2.35. The molecule has 2 heteroatoms. The third kappa shape index (κ3) is 2.93. The van der Waals surface area contributed by atoms with Crippen molar-refractivity contribution in [2.75, 3.05) is 0 Å². The van der Waals surface area contributed by atoms with Crippen LogP contribution in [0, 0.1) is 5.92 Å². The van der Waals surface area contributed by atoms with E-state index in [4.69, 9.17) is 0 Å². The summed E-state index contributed by atoms with van der Waals surface area (Å²) in [5.74, 6) is 0.796. The van der Waals surface area contributed by atoms with Crippen molar-refractivity contribution in [2.45, 2.75) is 33.1 Å². The lowest BCUT2D eigenvalue weighted by Gasteiger charge is -2.10. The van der Waals surface area contributed by atoms with E-state index in [1.165, 1.54) is 45.6 Å². The van der Waals surface area contributed by atoms with Crippen molar-refractivity contribution in [1.82, 2.24) is 0 Å². The van der Waals surface area contributed by atoms with Crippen LogP contribution >= 0.6 is 11.3 Å². The van der Waals surface area contributed by atoms with Gasteiger partial charge >= 0.3 is 0 Å². The topological polar surface area (TPSA) is 3.88 Å². The van der Waals surface area contributed by atoms with Crippen LogP contribution in [0.3, 0.4) is 0 Å². The van der Waals surface area contributed by atoms with Gasteiger partial charge in [0.15, 0.2) is 0 Å². The van der Waals surface area contributed by atoms with Gasteiger partial charge in [-0.25, -0.2) is 0 Å². The summed E-state index contributed by atoms with van der Waals surface area (Å²) in [4.78, 5) is 0. The summed E-state index contributed by atoms with van der Waals surface area (Å²) in [5, 5.41) is 1.36. The molecule has 0 amide bonds. The average Bonchev–Trinajstić information content (AvgIpc) is 2.90. The number of fused-ring (bicyclic) bond motifs is 1. The summed E-state index contributed by atoms with van der Waals surface area (Å²) < 4.78 is 3.69. The number of aromatic nitrogens is 1. The smallest absolute Gasteiger partial charge is 0.184 e. The Labute approximate surface area is 137 Å². The van der Waals surface area contributed by atoms with Gasteiger partial charge in [0.1, 0.15) is 11.7 Å². The Morgan fingerprint density at radius 1 is 1.05 bits per heavy atom. The number of hydrogen-bond donors (Lipinski definition) is 0. The molecular weight excluding hydrogens is 286 g/mol. The molecule has 1 atom stereocenters. The van der Waals surface area contributed by atoms with Crippen molar-refractivity contribution in [1.29, 1.82) is 0 Å². The lowest BCUT2D eigenvalue weighted by molar-refractivity contribution is -0.629. The van der Waals surface area contributed by atoms with E-state index >= 15 is 0 Å². The van der Waals surface area contributed by atoms with Gasteiger partial charge in [-0.1, -0.05) is 61.9 Å². The van der Waals surface area contributed by atoms with E-state index in [-0.39, 0.29) is 0 Å². The zero-order chi connectivity index (χ0) is 15.5. The highest BCUT2D eigenvalue weighted by Crippen LogP contribution is 2.31. The second-order valence-corrected chi connectivity index (χ2v) is 7.17. The van der Waals surface area contributed by atoms with E-state index in [1.807, 2.05) is 11.3 Å². The molecule has 1 unspecified atom stereocenters. The molecule has 1 heterocycles. The first-order chi connectivity index (χ1) is 10.7. The van der Waals surface area contributed by atoms with Gasteiger partial charge in [0.25, 0.3) is 5.01 Å². The fraction of sp³-hybridized carbons (Fsp3) is 0.350. The monoisotopic (exact) mass is 310 g/mol. The quantitative estimate of drug-likeness (QED) is 0.558. The van der Waals surface area contributed by atoms with Crippen molar-refractivity contribution in [3.05, 3.63) is 54.1 Å². The molecule has 114 valence electrons. The lowest BCUT2D eigenvalue weighted by atomic mass is 9.96. The standard InChI is InChI=1S/C20H24NS/c1-4-15(2)13-14-16-9-5-6-10-17(16)20-21(3)18-11-7-8-12-19(18)22-20/h5-12,15H,4,13-14H2,1-3H3/q+1. The Morgan fingerprint density at radius 3 is 2.55 bits per heavy atom. The first-order valence-electron chi connectivity index (χ1n) is 8.16. The second kappa shape index (κ2) is 6.62. The van der Waals surface area contributed by atoms with Crippen LogP contribution in [0.5, 0.6) is 0 Å². The predicted molar refractivity (Wildman–Crippen MR) is 96.2 cm³/mol. The molecule has 3 aromatic rings. The summed E-state index contributed by atoms with van der Waals surface area (Å²) in [6.07, 6.45) is 3.69. The summed E-state index contributed by atoms with van der Waals surface area (Å²) in [7, 11) is 2.18. The summed E-state index contributed by atoms with van der Waals surface area (Å²) >= 11 is 1.89. The van der Waals surface area contributed by atoms with E-state index in [0.717, 1.165) is 5.92 Å². The minimum Gasteiger partial charge on any atom is -0.184 e. The molecule has 0 aliphatic carbocycles. The van der Waals surface area contributed by atoms with Gasteiger partial charge in [0, 0.05) is 6.07 Å². The van der Waals surface area contributed by atoms with E-state index in [1.54, 1.807) is 0 Å². The fourth-order valence-corrected chi connectivity index (χ4v) is 4.10. The van der Waals surface area contributed by atoms with Crippen LogP contribution < -0.4 is 4.57 Å². The van der Waals surface area contributed by atoms with Crippen molar-refractivity contribution >= 4 is 21.6 Å². The Morgan fingerprint density at radius 2 is 1.77 bits per heavy atom. The molecule has 0 fully saturated rings. The van der Waals surface area contributed by atoms with Gasteiger partial charge in [-0.2, -0.15) is 4.57 Å². The van der Waals surface area contributed by atoms with Gasteiger partial charge in [-0.05, 0) is 36.5 Å². The molecule has 1 aromatic heterocycles. The number of benzene rings is 2. The molecule has 0 saturated carbocycles. The van der Waals surface area contributed by atoms with Crippen molar-refractivity contribution in [3.8, 4) is 10.6 Å². The highest BCUT2D eigenvalue weighted by atomic mass is 32.1. The number of aryl methyl sites for hydroxylation is 2. The van der Waals surface area contributed by atoms with Crippen LogP contribution in [0.1, 0.15) is 32.3 Å². The minimum atomic E-state index is 0.796. The summed E-state index contributed by atoms with van der Waals surface area (Å²) in [5.41, 5.74) is 4.19. The molecule has 2 aromatic carbocycles. The molecule has 3 rings (SSSR count). The van der Waals surface area contributed by atoms with Gasteiger partial charge in [0.05, 0.1) is 5.56 Å². The third-order valence-electron chi connectivity index (χ3n) is 4.59. The van der Waals surface area contributed by atoms with E-state index in [9.17, 15) is 0 Å². The number of para-hydroxylation sites is 1. The highest BCUT2D eigenvalue weighted by molar-refractivity contribution is 7.21. The van der Waals surface area contributed by atoms with Crippen LogP contribution in [0.4, 0.5) is 0 Å². The number of rotatable bonds is 5. The zero-order valence-electron chi connectivity index (χ0n) is 13.7. The Bertz CT molecular complexity index is 772. The van der Waals surface area contributed by atoms with Crippen LogP contribution in [0.15, 0.2) is 48.5 Å². The average molecular weight is 310 g/mol. The molecule has 0 aliphatic rings.